The van der Waals surface area contributed by atoms with E-state index in [9.17, 15) is 19.1 Å². The van der Waals surface area contributed by atoms with E-state index in [0.29, 0.717) is 36.4 Å². The van der Waals surface area contributed by atoms with Gasteiger partial charge in [-0.2, -0.15) is 0 Å². The van der Waals surface area contributed by atoms with Crippen LogP contribution < -0.4 is 4.74 Å². The molecule has 1 heterocycles. The highest BCUT2D eigenvalue weighted by atomic mass is 19.1. The minimum atomic E-state index is -0.867. The van der Waals surface area contributed by atoms with Gasteiger partial charge in [-0.1, -0.05) is 38.1 Å². The van der Waals surface area contributed by atoms with Crippen molar-refractivity contribution in [2.75, 3.05) is 32.8 Å². The minimum absolute atomic E-state index is 0.0397. The Morgan fingerprint density at radius 2 is 1.82 bits per heavy atom. The maximum absolute atomic E-state index is 14.1. The van der Waals surface area contributed by atoms with Crippen molar-refractivity contribution in [2.45, 2.75) is 33.2 Å². The maximum atomic E-state index is 14.1. The highest BCUT2D eigenvalue weighted by molar-refractivity contribution is 6.46. The molecule has 1 fully saturated rings. The molecule has 3 rings (SSSR count). The molecule has 1 unspecified atom stereocenters. The molecule has 0 aliphatic carbocycles. The summed E-state index contributed by atoms with van der Waals surface area (Å²) in [5.74, 6) is -1.69. The lowest BCUT2D eigenvalue weighted by atomic mass is 9.95. The number of rotatable bonds is 10. The third kappa shape index (κ3) is 5.42. The van der Waals surface area contributed by atoms with Crippen LogP contribution in [0.4, 0.5) is 4.39 Å². The van der Waals surface area contributed by atoms with Crippen molar-refractivity contribution in [1.82, 2.24) is 9.80 Å². The molecule has 0 aromatic heterocycles. The molecule has 1 amide bonds. The molecule has 2 aromatic rings. The van der Waals surface area contributed by atoms with Gasteiger partial charge in [0.2, 0.25) is 0 Å². The van der Waals surface area contributed by atoms with Gasteiger partial charge in [0, 0.05) is 12.1 Å². The number of likely N-dealkylation sites (tertiary alicyclic amines) is 1. The van der Waals surface area contributed by atoms with E-state index in [2.05, 4.69) is 18.7 Å². The van der Waals surface area contributed by atoms with Crippen LogP contribution in [0.5, 0.6) is 5.75 Å². The number of carbonyl (C=O) groups excluding carboxylic acids is 2. The number of carbonyl (C=O) groups is 2. The first-order valence-electron chi connectivity index (χ1n) is 11.4. The Bertz CT molecular complexity index is 1030. The molecule has 1 saturated heterocycles. The SMILES string of the molecule is CCOc1cccc(/C(O)=C2\C(=O)C(=O)N(CCCN(CC)CC)C2c2cccc(F)c2)c1. The number of aliphatic hydroxyl groups is 1. The highest BCUT2D eigenvalue weighted by Crippen LogP contribution is 2.40. The fourth-order valence-electron chi connectivity index (χ4n) is 4.19. The smallest absolute Gasteiger partial charge is 0.295 e. The van der Waals surface area contributed by atoms with Gasteiger partial charge in [-0.25, -0.2) is 4.39 Å². The summed E-state index contributed by atoms with van der Waals surface area (Å²) in [5.41, 5.74) is 0.769. The Morgan fingerprint density at radius 1 is 1.09 bits per heavy atom. The van der Waals surface area contributed by atoms with Crippen molar-refractivity contribution in [2.24, 2.45) is 0 Å². The molecular formula is C26H31FN2O4. The summed E-state index contributed by atoms with van der Waals surface area (Å²) in [6, 6.07) is 11.7. The normalized spacial score (nSPS) is 17.7. The Labute approximate surface area is 194 Å². The Morgan fingerprint density at radius 3 is 2.48 bits per heavy atom. The summed E-state index contributed by atoms with van der Waals surface area (Å²) >= 11 is 0. The van der Waals surface area contributed by atoms with Gasteiger partial charge >= 0.3 is 0 Å². The predicted octanol–water partition coefficient (Wildman–Crippen LogP) is 4.38. The summed E-state index contributed by atoms with van der Waals surface area (Å²) < 4.78 is 19.6. The van der Waals surface area contributed by atoms with Gasteiger partial charge in [0.15, 0.2) is 0 Å². The van der Waals surface area contributed by atoms with Crippen molar-refractivity contribution in [1.29, 1.82) is 0 Å². The molecule has 1 aliphatic heterocycles. The summed E-state index contributed by atoms with van der Waals surface area (Å²) in [5, 5.41) is 11.1. The quantitative estimate of drug-likeness (QED) is 0.328. The largest absolute Gasteiger partial charge is 0.507 e. The second-order valence-corrected chi connectivity index (χ2v) is 7.89. The summed E-state index contributed by atoms with van der Waals surface area (Å²) in [6.07, 6.45) is 0.653. The summed E-state index contributed by atoms with van der Waals surface area (Å²) in [6.45, 7) is 9.29. The molecular weight excluding hydrogens is 423 g/mol. The third-order valence-corrected chi connectivity index (χ3v) is 5.89. The second-order valence-electron chi connectivity index (χ2n) is 7.89. The first-order valence-corrected chi connectivity index (χ1v) is 11.4. The molecule has 176 valence electrons. The molecule has 0 bridgehead atoms. The minimum Gasteiger partial charge on any atom is -0.507 e. The standard InChI is InChI=1S/C26H31FN2O4/c1-4-28(5-2)14-9-15-29-23(18-10-7-12-20(27)16-18)22(25(31)26(29)32)24(30)19-11-8-13-21(17-19)33-6-3/h7-8,10-13,16-17,23,30H,4-6,9,14-15H2,1-3H3/b24-22+. The monoisotopic (exact) mass is 454 g/mol. The van der Waals surface area contributed by atoms with E-state index >= 15 is 0 Å². The number of ether oxygens (including phenoxy) is 1. The number of ketones is 1. The van der Waals surface area contributed by atoms with Crippen LogP contribution in [-0.4, -0.2) is 59.4 Å². The van der Waals surface area contributed by atoms with Gasteiger partial charge in [-0.3, -0.25) is 9.59 Å². The Hall–Kier alpha value is -3.19. The van der Waals surface area contributed by atoms with E-state index in [1.54, 1.807) is 30.3 Å². The molecule has 1 atom stereocenters. The van der Waals surface area contributed by atoms with Crippen LogP contribution in [-0.2, 0) is 9.59 Å². The van der Waals surface area contributed by atoms with Crippen LogP contribution in [0, 0.1) is 5.82 Å². The van der Waals surface area contributed by atoms with Crippen LogP contribution in [0.15, 0.2) is 54.1 Å². The average Bonchev–Trinajstić information content (AvgIpc) is 3.07. The number of nitrogens with zero attached hydrogens (tertiary/aromatic N) is 2. The van der Waals surface area contributed by atoms with Gasteiger partial charge in [-0.15, -0.1) is 0 Å². The van der Waals surface area contributed by atoms with Crippen LogP contribution in [0.2, 0.25) is 0 Å². The van der Waals surface area contributed by atoms with Crippen LogP contribution >= 0.6 is 0 Å². The Kier molecular flexibility index (Phi) is 8.22. The fourth-order valence-corrected chi connectivity index (χ4v) is 4.19. The first-order chi connectivity index (χ1) is 15.9. The Balaban J connectivity index is 2.04. The number of aliphatic hydroxyl groups excluding tert-OH is 1. The van der Waals surface area contributed by atoms with Crippen LogP contribution in [0.3, 0.4) is 0 Å². The third-order valence-electron chi connectivity index (χ3n) is 5.89. The molecule has 1 N–H and O–H groups in total. The zero-order chi connectivity index (χ0) is 24.0. The molecule has 33 heavy (non-hydrogen) atoms. The molecule has 1 aliphatic rings. The van der Waals surface area contributed by atoms with Gasteiger partial charge in [0.05, 0.1) is 18.2 Å². The van der Waals surface area contributed by atoms with E-state index in [0.717, 1.165) is 19.6 Å². The lowest BCUT2D eigenvalue weighted by molar-refractivity contribution is -0.140. The number of hydrogen-bond acceptors (Lipinski definition) is 5. The van der Waals surface area contributed by atoms with E-state index in [-0.39, 0.29) is 11.3 Å². The van der Waals surface area contributed by atoms with Crippen molar-refractivity contribution < 1.29 is 23.8 Å². The van der Waals surface area contributed by atoms with Gasteiger partial charge < -0.3 is 19.6 Å². The number of hydrogen-bond donors (Lipinski definition) is 1. The molecule has 0 radical (unpaired) electrons. The van der Waals surface area contributed by atoms with E-state index in [1.165, 1.54) is 23.1 Å². The van der Waals surface area contributed by atoms with Crippen molar-refractivity contribution >= 4 is 17.4 Å². The van der Waals surface area contributed by atoms with E-state index in [4.69, 9.17) is 4.74 Å². The van der Waals surface area contributed by atoms with Crippen LogP contribution in [0.25, 0.3) is 5.76 Å². The number of benzene rings is 2. The number of amides is 1. The molecule has 7 heteroatoms. The van der Waals surface area contributed by atoms with Crippen molar-refractivity contribution in [3.63, 3.8) is 0 Å². The molecule has 6 nitrogen and oxygen atoms in total. The topological polar surface area (TPSA) is 70.1 Å². The highest BCUT2D eigenvalue weighted by Gasteiger charge is 2.45. The van der Waals surface area contributed by atoms with E-state index in [1.807, 2.05) is 6.92 Å². The molecule has 0 spiro atoms. The van der Waals surface area contributed by atoms with Gasteiger partial charge in [0.1, 0.15) is 17.3 Å². The predicted molar refractivity (Wildman–Crippen MR) is 125 cm³/mol. The summed E-state index contributed by atoms with van der Waals surface area (Å²) in [7, 11) is 0. The number of halogens is 1. The second kappa shape index (κ2) is 11.1. The zero-order valence-corrected chi connectivity index (χ0v) is 19.4. The van der Waals surface area contributed by atoms with Crippen LogP contribution in [0.1, 0.15) is 44.4 Å². The fraction of sp³-hybridized carbons (Fsp3) is 0.385. The number of Topliss-reactive ketones (excluding diaryl/α,β-unsaturated/α-hetero) is 1. The molecule has 0 saturated carbocycles. The lowest BCUT2D eigenvalue weighted by Crippen LogP contribution is -2.33. The lowest BCUT2D eigenvalue weighted by Gasteiger charge is -2.26. The van der Waals surface area contributed by atoms with Gasteiger partial charge in [0.25, 0.3) is 11.7 Å². The van der Waals surface area contributed by atoms with E-state index < -0.39 is 23.5 Å². The molecule has 2 aromatic carbocycles. The first kappa shape index (κ1) is 24.5. The van der Waals surface area contributed by atoms with Crippen molar-refractivity contribution in [3.05, 3.63) is 71.0 Å². The van der Waals surface area contributed by atoms with Crippen molar-refractivity contribution in [3.8, 4) is 5.75 Å². The van der Waals surface area contributed by atoms with Gasteiger partial charge in [-0.05, 0) is 62.8 Å². The summed E-state index contributed by atoms with van der Waals surface area (Å²) in [4.78, 5) is 29.8. The zero-order valence-electron chi connectivity index (χ0n) is 19.4. The maximum Gasteiger partial charge on any atom is 0.295 e. The average molecular weight is 455 g/mol.